The summed E-state index contributed by atoms with van der Waals surface area (Å²) in [6.07, 6.45) is 3.92. The van der Waals surface area contributed by atoms with Crippen LogP contribution in [0.1, 0.15) is 30.1 Å². The summed E-state index contributed by atoms with van der Waals surface area (Å²) in [6, 6.07) is 16.1. The van der Waals surface area contributed by atoms with Gasteiger partial charge in [0.2, 0.25) is 5.82 Å². The average Bonchev–Trinajstić information content (AvgIpc) is 3.51. The normalized spacial score (nSPS) is 13.6. The SMILES string of the molecule is NCc1ccccc1-c1ccc(-c2nc(-c3cnc(C4CC4)nc3N)no2)cc1. The van der Waals surface area contributed by atoms with Gasteiger partial charge < -0.3 is 16.0 Å². The molecule has 7 heteroatoms. The van der Waals surface area contributed by atoms with Gasteiger partial charge in [0, 0.05) is 24.2 Å². The Labute approximate surface area is 167 Å². The average molecular weight is 384 g/mol. The molecule has 1 saturated carbocycles. The minimum Gasteiger partial charge on any atom is -0.383 e. The molecule has 0 aliphatic heterocycles. The van der Waals surface area contributed by atoms with Crippen molar-refractivity contribution in [3.63, 3.8) is 0 Å². The third kappa shape index (κ3) is 3.36. The second kappa shape index (κ2) is 7.10. The second-order valence-electron chi connectivity index (χ2n) is 7.16. The zero-order valence-electron chi connectivity index (χ0n) is 15.7. The maximum atomic E-state index is 6.10. The van der Waals surface area contributed by atoms with Crippen molar-refractivity contribution in [3.05, 3.63) is 66.1 Å². The van der Waals surface area contributed by atoms with Crippen molar-refractivity contribution in [2.45, 2.75) is 25.3 Å². The van der Waals surface area contributed by atoms with Crippen molar-refractivity contribution in [3.8, 4) is 34.0 Å². The highest BCUT2D eigenvalue weighted by atomic mass is 16.5. The van der Waals surface area contributed by atoms with Crippen LogP contribution in [0.2, 0.25) is 0 Å². The van der Waals surface area contributed by atoms with Crippen LogP contribution in [-0.4, -0.2) is 20.1 Å². The smallest absolute Gasteiger partial charge is 0.258 e. The van der Waals surface area contributed by atoms with E-state index in [4.69, 9.17) is 16.0 Å². The quantitative estimate of drug-likeness (QED) is 0.538. The molecule has 0 bridgehead atoms. The van der Waals surface area contributed by atoms with Gasteiger partial charge in [0.25, 0.3) is 5.89 Å². The molecular formula is C22H20N6O. The van der Waals surface area contributed by atoms with Crippen molar-refractivity contribution in [1.82, 2.24) is 20.1 Å². The molecule has 5 rings (SSSR count). The van der Waals surface area contributed by atoms with Gasteiger partial charge in [-0.15, -0.1) is 0 Å². The molecule has 2 heterocycles. The van der Waals surface area contributed by atoms with E-state index in [1.54, 1.807) is 6.20 Å². The first-order chi connectivity index (χ1) is 14.2. The summed E-state index contributed by atoms with van der Waals surface area (Å²) in [5, 5.41) is 4.06. The number of rotatable bonds is 5. The highest BCUT2D eigenvalue weighted by molar-refractivity contribution is 5.71. The lowest BCUT2D eigenvalue weighted by molar-refractivity contribution is 0.432. The third-order valence-corrected chi connectivity index (χ3v) is 5.13. The molecule has 1 fully saturated rings. The highest BCUT2D eigenvalue weighted by Crippen LogP contribution is 2.39. The van der Waals surface area contributed by atoms with Crippen molar-refractivity contribution in [2.24, 2.45) is 5.73 Å². The number of hydrogen-bond acceptors (Lipinski definition) is 7. The number of benzene rings is 2. The Kier molecular flexibility index (Phi) is 4.29. The van der Waals surface area contributed by atoms with E-state index in [-0.39, 0.29) is 0 Å². The summed E-state index contributed by atoms with van der Waals surface area (Å²) in [6.45, 7) is 0.494. The molecule has 144 valence electrons. The van der Waals surface area contributed by atoms with Gasteiger partial charge in [0.1, 0.15) is 11.6 Å². The molecule has 7 nitrogen and oxygen atoms in total. The second-order valence-corrected chi connectivity index (χ2v) is 7.16. The zero-order chi connectivity index (χ0) is 19.8. The zero-order valence-corrected chi connectivity index (χ0v) is 15.7. The van der Waals surface area contributed by atoms with E-state index in [1.165, 1.54) is 0 Å². The molecule has 0 atom stereocenters. The predicted molar refractivity (Wildman–Crippen MR) is 110 cm³/mol. The van der Waals surface area contributed by atoms with E-state index < -0.39 is 0 Å². The summed E-state index contributed by atoms with van der Waals surface area (Å²) < 4.78 is 5.45. The molecule has 1 aliphatic carbocycles. The fraction of sp³-hybridized carbons (Fsp3) is 0.182. The predicted octanol–water partition coefficient (Wildman–Crippen LogP) is 3.78. The number of nitrogens with zero attached hydrogens (tertiary/aromatic N) is 4. The van der Waals surface area contributed by atoms with Crippen molar-refractivity contribution in [2.75, 3.05) is 5.73 Å². The van der Waals surface area contributed by atoms with Gasteiger partial charge in [0.05, 0.1) is 5.56 Å². The molecule has 4 aromatic rings. The maximum absolute atomic E-state index is 6.10. The standard InChI is InChI=1S/C22H20N6O/c23-11-16-3-1-2-4-17(16)13-5-9-15(10-6-13)22-27-21(28-29-22)18-12-25-20(14-7-8-14)26-19(18)24/h1-6,9-10,12,14H,7-8,11,23H2,(H2,24,25,26). The monoisotopic (exact) mass is 384 g/mol. The van der Waals surface area contributed by atoms with Crippen LogP contribution in [0.4, 0.5) is 5.82 Å². The van der Waals surface area contributed by atoms with E-state index in [0.717, 1.165) is 40.9 Å². The molecule has 1 aliphatic rings. The van der Waals surface area contributed by atoms with Crippen LogP contribution < -0.4 is 11.5 Å². The lowest BCUT2D eigenvalue weighted by Crippen LogP contribution is -2.01. The Bertz CT molecular complexity index is 1160. The van der Waals surface area contributed by atoms with Gasteiger partial charge in [-0.05, 0) is 41.7 Å². The number of nitrogen functional groups attached to an aromatic ring is 1. The van der Waals surface area contributed by atoms with Crippen LogP contribution in [-0.2, 0) is 6.54 Å². The summed E-state index contributed by atoms with van der Waals surface area (Å²) in [5.41, 5.74) is 16.7. The first kappa shape index (κ1) is 17.5. The largest absolute Gasteiger partial charge is 0.383 e. The van der Waals surface area contributed by atoms with Crippen molar-refractivity contribution in [1.29, 1.82) is 0 Å². The van der Waals surface area contributed by atoms with E-state index in [9.17, 15) is 0 Å². The number of aromatic nitrogens is 4. The van der Waals surface area contributed by atoms with Crippen LogP contribution >= 0.6 is 0 Å². The Hall–Kier alpha value is -3.58. The summed E-state index contributed by atoms with van der Waals surface area (Å²) in [7, 11) is 0. The fourth-order valence-electron chi connectivity index (χ4n) is 3.34. The topological polar surface area (TPSA) is 117 Å². The van der Waals surface area contributed by atoms with Crippen LogP contribution in [0.5, 0.6) is 0 Å². The highest BCUT2D eigenvalue weighted by Gasteiger charge is 2.27. The van der Waals surface area contributed by atoms with Crippen LogP contribution in [0.3, 0.4) is 0 Å². The molecule has 29 heavy (non-hydrogen) atoms. The van der Waals surface area contributed by atoms with Crippen LogP contribution in [0.25, 0.3) is 34.0 Å². The molecule has 0 amide bonds. The van der Waals surface area contributed by atoms with Gasteiger partial charge in [-0.3, -0.25) is 0 Å². The number of nitrogens with two attached hydrogens (primary N) is 2. The van der Waals surface area contributed by atoms with Crippen molar-refractivity contribution >= 4 is 5.82 Å². The molecule has 4 N–H and O–H groups in total. The number of anilines is 1. The molecule has 0 saturated heterocycles. The van der Waals surface area contributed by atoms with Gasteiger partial charge in [-0.1, -0.05) is 41.6 Å². The molecule has 2 aromatic carbocycles. The lowest BCUT2D eigenvalue weighted by Gasteiger charge is -2.07. The van der Waals surface area contributed by atoms with Gasteiger partial charge in [-0.25, -0.2) is 9.97 Å². The molecule has 0 spiro atoms. The Morgan fingerprint density at radius 2 is 1.69 bits per heavy atom. The maximum Gasteiger partial charge on any atom is 0.258 e. The Morgan fingerprint density at radius 1 is 0.931 bits per heavy atom. The third-order valence-electron chi connectivity index (χ3n) is 5.13. The Morgan fingerprint density at radius 3 is 2.41 bits per heavy atom. The molecule has 0 radical (unpaired) electrons. The summed E-state index contributed by atoms with van der Waals surface area (Å²) in [4.78, 5) is 13.3. The Balaban J connectivity index is 1.42. The number of hydrogen-bond donors (Lipinski definition) is 2. The van der Waals surface area contributed by atoms with Gasteiger partial charge >= 0.3 is 0 Å². The minimum atomic E-state index is 0.378. The van der Waals surface area contributed by atoms with Gasteiger partial charge in [-0.2, -0.15) is 4.98 Å². The van der Waals surface area contributed by atoms with Crippen LogP contribution in [0.15, 0.2) is 59.3 Å². The van der Waals surface area contributed by atoms with Crippen molar-refractivity contribution < 1.29 is 4.52 Å². The first-order valence-corrected chi connectivity index (χ1v) is 9.58. The van der Waals surface area contributed by atoms with E-state index >= 15 is 0 Å². The summed E-state index contributed by atoms with van der Waals surface area (Å²) >= 11 is 0. The van der Waals surface area contributed by atoms with E-state index in [2.05, 4.69) is 26.2 Å². The van der Waals surface area contributed by atoms with Gasteiger partial charge in [0.15, 0.2) is 0 Å². The van der Waals surface area contributed by atoms with Crippen LogP contribution in [0, 0.1) is 0 Å². The molecule has 2 aromatic heterocycles. The summed E-state index contributed by atoms with van der Waals surface area (Å²) in [5.74, 6) is 2.42. The minimum absolute atomic E-state index is 0.378. The van der Waals surface area contributed by atoms with E-state index in [1.807, 2.05) is 42.5 Å². The fourth-order valence-corrected chi connectivity index (χ4v) is 3.34. The lowest BCUT2D eigenvalue weighted by atomic mass is 9.99. The molecular weight excluding hydrogens is 364 g/mol. The molecule has 0 unspecified atom stereocenters. The first-order valence-electron chi connectivity index (χ1n) is 9.58. The van der Waals surface area contributed by atoms with E-state index in [0.29, 0.717) is 35.6 Å².